The summed E-state index contributed by atoms with van der Waals surface area (Å²) in [6.07, 6.45) is 2.78. The molecule has 1 atom stereocenters. The average Bonchev–Trinajstić information content (AvgIpc) is 2.79. The Kier molecular flexibility index (Phi) is 7.05. The van der Waals surface area contributed by atoms with E-state index in [-0.39, 0.29) is 6.10 Å². The summed E-state index contributed by atoms with van der Waals surface area (Å²) in [6.45, 7) is 10.7. The van der Waals surface area contributed by atoms with E-state index in [4.69, 9.17) is 10.5 Å². The van der Waals surface area contributed by atoms with Crippen molar-refractivity contribution in [2.75, 3.05) is 32.8 Å². The largest absolute Gasteiger partial charge is 0.377 e. The summed E-state index contributed by atoms with van der Waals surface area (Å²) in [4.78, 5) is 6.88. The maximum Gasteiger partial charge on any atom is 0.188 e. The lowest BCUT2D eigenvalue weighted by Crippen LogP contribution is -2.37. The zero-order chi connectivity index (χ0) is 13.4. The van der Waals surface area contributed by atoms with Gasteiger partial charge in [0.05, 0.1) is 19.3 Å². The number of guanidine groups is 1. The van der Waals surface area contributed by atoms with Gasteiger partial charge in [-0.1, -0.05) is 6.92 Å². The molecule has 0 aliphatic carbocycles. The van der Waals surface area contributed by atoms with Crippen LogP contribution in [0.3, 0.4) is 0 Å². The topological polar surface area (TPSA) is 62.9 Å². The van der Waals surface area contributed by atoms with Gasteiger partial charge in [0.15, 0.2) is 5.96 Å². The van der Waals surface area contributed by atoms with E-state index in [2.05, 4.69) is 22.1 Å². The number of nitrogens with zero attached hydrogens (tertiary/aromatic N) is 2. The second kappa shape index (κ2) is 8.32. The third-order valence-corrected chi connectivity index (χ3v) is 3.24. The fourth-order valence-electron chi connectivity index (χ4n) is 2.25. The van der Waals surface area contributed by atoms with Gasteiger partial charge < -0.3 is 15.8 Å². The first kappa shape index (κ1) is 15.2. The SMILES string of the molecule is CCN1CCCC1CN=C(N)NCCOC(C)C. The van der Waals surface area contributed by atoms with E-state index in [1.54, 1.807) is 0 Å². The molecule has 0 aromatic carbocycles. The number of nitrogens with two attached hydrogens (primary N) is 1. The highest BCUT2D eigenvalue weighted by molar-refractivity contribution is 5.77. The van der Waals surface area contributed by atoms with Crippen molar-refractivity contribution in [2.24, 2.45) is 10.7 Å². The smallest absolute Gasteiger partial charge is 0.188 e. The van der Waals surface area contributed by atoms with Gasteiger partial charge in [-0.2, -0.15) is 0 Å². The van der Waals surface area contributed by atoms with Gasteiger partial charge in [-0.15, -0.1) is 0 Å². The zero-order valence-electron chi connectivity index (χ0n) is 12.0. The maximum atomic E-state index is 5.82. The van der Waals surface area contributed by atoms with Crippen LogP contribution in [0.2, 0.25) is 0 Å². The minimum atomic E-state index is 0.265. The highest BCUT2D eigenvalue weighted by atomic mass is 16.5. The Hall–Kier alpha value is -0.810. The summed E-state index contributed by atoms with van der Waals surface area (Å²) in [6, 6.07) is 0.572. The lowest BCUT2D eigenvalue weighted by Gasteiger charge is -2.21. The first-order chi connectivity index (χ1) is 8.63. The van der Waals surface area contributed by atoms with Crippen LogP contribution in [-0.4, -0.2) is 55.8 Å². The molecule has 106 valence electrons. The molecule has 1 aliphatic heterocycles. The number of rotatable bonds is 7. The van der Waals surface area contributed by atoms with Crippen LogP contribution in [-0.2, 0) is 4.74 Å². The summed E-state index contributed by atoms with van der Waals surface area (Å²) < 4.78 is 5.42. The highest BCUT2D eigenvalue weighted by Gasteiger charge is 2.22. The van der Waals surface area contributed by atoms with Crippen molar-refractivity contribution in [3.8, 4) is 0 Å². The van der Waals surface area contributed by atoms with Crippen LogP contribution in [0, 0.1) is 0 Å². The molecule has 5 nitrogen and oxygen atoms in total. The lowest BCUT2D eigenvalue weighted by atomic mass is 10.2. The number of likely N-dealkylation sites (tertiary alicyclic amines) is 1. The molecule has 1 aliphatic rings. The molecule has 0 aromatic heterocycles. The minimum absolute atomic E-state index is 0.265. The van der Waals surface area contributed by atoms with Crippen molar-refractivity contribution >= 4 is 5.96 Å². The predicted octanol–water partition coefficient (Wildman–Crippen LogP) is 0.800. The molecule has 0 saturated carbocycles. The summed E-state index contributed by atoms with van der Waals surface area (Å²) in [5, 5.41) is 3.08. The molecule has 1 unspecified atom stereocenters. The van der Waals surface area contributed by atoms with Gasteiger partial charge in [-0.3, -0.25) is 9.89 Å². The van der Waals surface area contributed by atoms with E-state index < -0.39 is 0 Å². The summed E-state index contributed by atoms with van der Waals surface area (Å²) in [5.74, 6) is 0.533. The third kappa shape index (κ3) is 5.69. The Balaban J connectivity index is 2.16. The second-order valence-corrected chi connectivity index (χ2v) is 5.00. The van der Waals surface area contributed by atoms with Crippen LogP contribution < -0.4 is 11.1 Å². The van der Waals surface area contributed by atoms with Crippen LogP contribution in [0.15, 0.2) is 4.99 Å². The standard InChI is InChI=1S/C13H28N4O/c1-4-17-8-5-6-12(17)10-16-13(14)15-7-9-18-11(2)3/h11-12H,4-10H2,1-3H3,(H3,14,15,16). The number of nitrogens with one attached hydrogen (secondary N) is 1. The predicted molar refractivity (Wildman–Crippen MR) is 75.8 cm³/mol. The maximum absolute atomic E-state index is 5.82. The molecule has 0 aromatic rings. The van der Waals surface area contributed by atoms with Crippen molar-refractivity contribution in [1.29, 1.82) is 0 Å². The van der Waals surface area contributed by atoms with Crippen molar-refractivity contribution in [2.45, 2.75) is 45.8 Å². The zero-order valence-corrected chi connectivity index (χ0v) is 12.0. The van der Waals surface area contributed by atoms with Gasteiger partial charge in [0, 0.05) is 12.6 Å². The first-order valence-corrected chi connectivity index (χ1v) is 7.03. The van der Waals surface area contributed by atoms with Crippen molar-refractivity contribution in [3.63, 3.8) is 0 Å². The fourth-order valence-corrected chi connectivity index (χ4v) is 2.25. The van der Waals surface area contributed by atoms with Gasteiger partial charge >= 0.3 is 0 Å². The third-order valence-electron chi connectivity index (χ3n) is 3.24. The summed E-state index contributed by atoms with van der Waals surface area (Å²) in [5.41, 5.74) is 5.82. The molecule has 1 saturated heterocycles. The molecule has 0 bridgehead atoms. The van der Waals surface area contributed by atoms with Gasteiger partial charge in [-0.25, -0.2) is 0 Å². The number of hydrogen-bond acceptors (Lipinski definition) is 3. The van der Waals surface area contributed by atoms with E-state index in [9.17, 15) is 0 Å². The van der Waals surface area contributed by atoms with Crippen LogP contribution in [0.25, 0.3) is 0 Å². The van der Waals surface area contributed by atoms with Crippen molar-refractivity contribution in [3.05, 3.63) is 0 Å². The van der Waals surface area contributed by atoms with Gasteiger partial charge in [0.25, 0.3) is 0 Å². The number of ether oxygens (including phenoxy) is 1. The Morgan fingerprint density at radius 1 is 1.56 bits per heavy atom. The normalized spacial score (nSPS) is 21.8. The molecule has 1 fully saturated rings. The number of hydrogen-bond donors (Lipinski definition) is 2. The Bertz CT molecular complexity index is 255. The molecule has 1 rings (SSSR count). The van der Waals surface area contributed by atoms with E-state index >= 15 is 0 Å². The van der Waals surface area contributed by atoms with Crippen molar-refractivity contribution < 1.29 is 4.74 Å². The van der Waals surface area contributed by atoms with E-state index in [0.29, 0.717) is 18.6 Å². The van der Waals surface area contributed by atoms with Crippen LogP contribution in [0.4, 0.5) is 0 Å². The molecule has 0 spiro atoms. The summed E-state index contributed by atoms with van der Waals surface area (Å²) in [7, 11) is 0. The van der Waals surface area contributed by atoms with Crippen LogP contribution >= 0.6 is 0 Å². The molecule has 3 N–H and O–H groups in total. The summed E-state index contributed by atoms with van der Waals surface area (Å²) >= 11 is 0. The Morgan fingerprint density at radius 3 is 3.00 bits per heavy atom. The van der Waals surface area contributed by atoms with Gasteiger partial charge in [-0.05, 0) is 39.8 Å². The molecule has 1 heterocycles. The molecule has 0 radical (unpaired) electrons. The van der Waals surface area contributed by atoms with Crippen LogP contribution in [0.1, 0.15) is 33.6 Å². The van der Waals surface area contributed by atoms with Crippen LogP contribution in [0.5, 0.6) is 0 Å². The number of aliphatic imine (C=N–C) groups is 1. The monoisotopic (exact) mass is 256 g/mol. The highest BCUT2D eigenvalue weighted by Crippen LogP contribution is 2.16. The first-order valence-electron chi connectivity index (χ1n) is 7.03. The Labute approximate surface area is 111 Å². The average molecular weight is 256 g/mol. The van der Waals surface area contributed by atoms with Gasteiger partial charge in [0.2, 0.25) is 0 Å². The molecular formula is C13H28N4O. The number of likely N-dealkylation sites (N-methyl/N-ethyl adjacent to an activating group) is 1. The van der Waals surface area contributed by atoms with Crippen molar-refractivity contribution in [1.82, 2.24) is 10.2 Å². The Morgan fingerprint density at radius 2 is 2.33 bits per heavy atom. The van der Waals surface area contributed by atoms with Gasteiger partial charge in [0.1, 0.15) is 0 Å². The van der Waals surface area contributed by atoms with E-state index in [1.165, 1.54) is 19.4 Å². The van der Waals surface area contributed by atoms with E-state index in [1.807, 2.05) is 13.8 Å². The molecular weight excluding hydrogens is 228 g/mol. The van der Waals surface area contributed by atoms with E-state index in [0.717, 1.165) is 19.6 Å². The second-order valence-electron chi connectivity index (χ2n) is 5.00. The lowest BCUT2D eigenvalue weighted by molar-refractivity contribution is 0.0830. The fraction of sp³-hybridized carbons (Fsp3) is 0.923. The quantitative estimate of drug-likeness (QED) is 0.402. The minimum Gasteiger partial charge on any atom is -0.377 e. The molecule has 5 heteroatoms. The molecule has 18 heavy (non-hydrogen) atoms. The molecule has 0 amide bonds.